The van der Waals surface area contributed by atoms with Gasteiger partial charge in [0.1, 0.15) is 23.1 Å². The number of nitrogens with zero attached hydrogens (tertiary/aromatic N) is 3. The van der Waals surface area contributed by atoms with Gasteiger partial charge in [-0.05, 0) is 18.2 Å². The molecule has 4 rings (SSSR count). The molecule has 2 heterocycles. The van der Waals surface area contributed by atoms with Gasteiger partial charge in [0, 0.05) is 17.0 Å². The van der Waals surface area contributed by atoms with Crippen LogP contribution in [0.15, 0.2) is 83.0 Å². The van der Waals surface area contributed by atoms with Crippen molar-refractivity contribution in [2.24, 2.45) is 0 Å². The summed E-state index contributed by atoms with van der Waals surface area (Å²) in [6, 6.07) is 21.9. The summed E-state index contributed by atoms with van der Waals surface area (Å²) in [7, 11) is 0. The third kappa shape index (κ3) is 5.43. The molecule has 0 fully saturated rings. The number of ether oxygens (including phenoxy) is 1. The maximum Gasteiger partial charge on any atom is 0.272 e. The van der Waals surface area contributed by atoms with Crippen molar-refractivity contribution in [3.63, 3.8) is 0 Å². The molecule has 8 heteroatoms. The fourth-order valence-electron chi connectivity index (χ4n) is 2.88. The molecular weight excluding hydrogens is 412 g/mol. The molecule has 0 radical (unpaired) electrons. The van der Waals surface area contributed by atoms with Gasteiger partial charge in [-0.1, -0.05) is 48.5 Å². The molecule has 2 aromatic carbocycles. The summed E-state index contributed by atoms with van der Waals surface area (Å²) in [4.78, 5) is 29.1. The predicted octanol–water partition coefficient (Wildman–Crippen LogP) is 3.38. The van der Waals surface area contributed by atoms with Crippen LogP contribution >= 0.6 is 11.3 Å². The Morgan fingerprint density at radius 1 is 1.00 bits per heavy atom. The molecule has 0 bridgehead atoms. The number of hydrogen-bond acceptors (Lipinski definition) is 6. The molecule has 0 aliphatic carbocycles. The fourth-order valence-corrected chi connectivity index (χ4v) is 3.62. The molecule has 0 spiro atoms. The molecule has 1 amide bonds. The quantitative estimate of drug-likeness (QED) is 0.461. The van der Waals surface area contributed by atoms with E-state index in [1.807, 2.05) is 66.0 Å². The van der Waals surface area contributed by atoms with Gasteiger partial charge >= 0.3 is 0 Å². The third-order valence-corrected chi connectivity index (χ3v) is 5.28. The Balaban J connectivity index is 1.35. The number of rotatable bonds is 8. The minimum atomic E-state index is -0.366. The van der Waals surface area contributed by atoms with Crippen LogP contribution in [0.25, 0.3) is 11.3 Å². The van der Waals surface area contributed by atoms with Crippen molar-refractivity contribution < 1.29 is 9.53 Å². The molecule has 0 aliphatic heterocycles. The van der Waals surface area contributed by atoms with E-state index in [1.54, 1.807) is 0 Å². The van der Waals surface area contributed by atoms with Gasteiger partial charge in [0.05, 0.1) is 18.8 Å². The van der Waals surface area contributed by atoms with Gasteiger partial charge < -0.3 is 10.1 Å². The lowest BCUT2D eigenvalue weighted by atomic mass is 10.2. The maximum atomic E-state index is 12.5. The van der Waals surface area contributed by atoms with Crippen LogP contribution in [0.2, 0.25) is 0 Å². The first-order valence-electron chi connectivity index (χ1n) is 9.73. The molecule has 0 saturated carbocycles. The van der Waals surface area contributed by atoms with Crippen LogP contribution in [-0.4, -0.2) is 27.3 Å². The molecule has 0 saturated heterocycles. The van der Waals surface area contributed by atoms with Crippen LogP contribution < -0.4 is 15.6 Å². The van der Waals surface area contributed by atoms with E-state index in [2.05, 4.69) is 15.4 Å². The van der Waals surface area contributed by atoms with Crippen molar-refractivity contribution in [3.05, 3.63) is 99.2 Å². The van der Waals surface area contributed by atoms with E-state index >= 15 is 0 Å². The normalized spacial score (nSPS) is 10.6. The second kappa shape index (κ2) is 9.82. The number of benzene rings is 2. The third-order valence-electron chi connectivity index (χ3n) is 4.44. The first kappa shape index (κ1) is 20.5. The molecule has 0 unspecified atom stereocenters. The molecule has 1 N–H and O–H groups in total. The van der Waals surface area contributed by atoms with E-state index in [4.69, 9.17) is 4.74 Å². The van der Waals surface area contributed by atoms with Crippen molar-refractivity contribution in [2.45, 2.75) is 13.1 Å². The summed E-state index contributed by atoms with van der Waals surface area (Å²) in [5.74, 6) is 0.344. The largest absolute Gasteiger partial charge is 0.492 e. The molecule has 156 valence electrons. The molecular formula is C23H20N4O3S. The second-order valence-electron chi connectivity index (χ2n) is 6.62. The molecule has 2 aromatic heterocycles. The molecule has 7 nitrogen and oxygen atoms in total. The number of para-hydroxylation sites is 1. The lowest BCUT2D eigenvalue weighted by molar-refractivity contribution is 0.0943. The maximum absolute atomic E-state index is 12.5. The van der Waals surface area contributed by atoms with Gasteiger partial charge in [0.15, 0.2) is 0 Å². The Morgan fingerprint density at radius 2 is 1.74 bits per heavy atom. The Kier molecular flexibility index (Phi) is 6.49. The van der Waals surface area contributed by atoms with E-state index in [0.29, 0.717) is 5.75 Å². The number of amides is 1. The van der Waals surface area contributed by atoms with Crippen LogP contribution in [0, 0.1) is 0 Å². The average molecular weight is 433 g/mol. The summed E-state index contributed by atoms with van der Waals surface area (Å²) in [5.41, 5.74) is 1.78. The highest BCUT2D eigenvalue weighted by Gasteiger charge is 2.11. The average Bonchev–Trinajstić information content (AvgIpc) is 3.29. The van der Waals surface area contributed by atoms with E-state index in [9.17, 15) is 9.59 Å². The predicted molar refractivity (Wildman–Crippen MR) is 119 cm³/mol. The first-order valence-corrected chi connectivity index (χ1v) is 10.6. The lowest BCUT2D eigenvalue weighted by Crippen LogP contribution is -2.30. The smallest absolute Gasteiger partial charge is 0.272 e. The second-order valence-corrected chi connectivity index (χ2v) is 7.56. The minimum absolute atomic E-state index is 0.166. The number of hydrogen-bond donors (Lipinski definition) is 1. The molecule has 4 aromatic rings. The zero-order valence-electron chi connectivity index (χ0n) is 16.6. The van der Waals surface area contributed by atoms with Crippen molar-refractivity contribution in [2.75, 3.05) is 6.61 Å². The first-order chi connectivity index (χ1) is 15.2. The standard InChI is InChI=1S/C23H20N4O3S/c28-22-12-11-19(26-27(22)13-14-30-18-9-5-2-6-10-18)23(29)24-15-21-25-20(16-31-21)17-7-3-1-4-8-17/h1-12,16H,13-15H2,(H,24,29). The summed E-state index contributed by atoms with van der Waals surface area (Å²) >= 11 is 1.48. The highest BCUT2D eigenvalue weighted by molar-refractivity contribution is 7.09. The molecule has 0 atom stereocenters. The van der Waals surface area contributed by atoms with Crippen molar-refractivity contribution in [1.29, 1.82) is 0 Å². The summed E-state index contributed by atoms with van der Waals surface area (Å²) in [6.07, 6.45) is 0. The lowest BCUT2D eigenvalue weighted by Gasteiger charge is -2.09. The number of carbonyl (C=O) groups is 1. The van der Waals surface area contributed by atoms with Crippen LogP contribution in [0.5, 0.6) is 5.75 Å². The highest BCUT2D eigenvalue weighted by Crippen LogP contribution is 2.21. The number of aromatic nitrogens is 3. The van der Waals surface area contributed by atoms with Crippen LogP contribution in [0.4, 0.5) is 0 Å². The summed E-state index contributed by atoms with van der Waals surface area (Å²) in [5, 5.41) is 9.72. The van der Waals surface area contributed by atoms with Crippen LogP contribution in [0.3, 0.4) is 0 Å². The van der Waals surface area contributed by atoms with E-state index in [0.717, 1.165) is 16.3 Å². The van der Waals surface area contributed by atoms with Crippen molar-refractivity contribution in [3.8, 4) is 17.0 Å². The van der Waals surface area contributed by atoms with Crippen molar-refractivity contribution >= 4 is 17.2 Å². The van der Waals surface area contributed by atoms with Gasteiger partial charge in [0.25, 0.3) is 11.5 Å². The van der Waals surface area contributed by atoms with Crippen LogP contribution in [0.1, 0.15) is 15.5 Å². The van der Waals surface area contributed by atoms with E-state index < -0.39 is 0 Å². The van der Waals surface area contributed by atoms with E-state index in [-0.39, 0.29) is 36.9 Å². The SMILES string of the molecule is O=C(NCc1nc(-c2ccccc2)cs1)c1ccc(=O)n(CCOc2ccccc2)n1. The molecule has 31 heavy (non-hydrogen) atoms. The molecule has 0 aliphatic rings. The van der Waals surface area contributed by atoms with Gasteiger partial charge in [-0.15, -0.1) is 11.3 Å². The fraction of sp³-hybridized carbons (Fsp3) is 0.130. The van der Waals surface area contributed by atoms with E-state index in [1.165, 1.54) is 28.2 Å². The Bertz CT molecular complexity index is 1210. The highest BCUT2D eigenvalue weighted by atomic mass is 32.1. The minimum Gasteiger partial charge on any atom is -0.492 e. The summed E-state index contributed by atoms with van der Waals surface area (Å²) in [6.45, 7) is 0.791. The monoisotopic (exact) mass is 432 g/mol. The number of nitrogens with one attached hydrogen (secondary N) is 1. The zero-order valence-corrected chi connectivity index (χ0v) is 17.4. The Hall–Kier alpha value is -3.78. The Labute approximate surface area is 183 Å². The van der Waals surface area contributed by atoms with Gasteiger partial charge in [-0.25, -0.2) is 9.67 Å². The topological polar surface area (TPSA) is 86.1 Å². The van der Waals surface area contributed by atoms with Gasteiger partial charge in [0.2, 0.25) is 0 Å². The number of carbonyl (C=O) groups excluding carboxylic acids is 1. The number of thiazole rings is 1. The summed E-state index contributed by atoms with van der Waals surface area (Å²) < 4.78 is 6.83. The van der Waals surface area contributed by atoms with Gasteiger partial charge in [-0.2, -0.15) is 5.10 Å². The Morgan fingerprint density at radius 3 is 2.52 bits per heavy atom. The van der Waals surface area contributed by atoms with Crippen LogP contribution in [-0.2, 0) is 13.1 Å². The van der Waals surface area contributed by atoms with Gasteiger partial charge in [-0.3, -0.25) is 9.59 Å². The zero-order chi connectivity index (χ0) is 21.5. The van der Waals surface area contributed by atoms with Crippen molar-refractivity contribution in [1.82, 2.24) is 20.1 Å².